The van der Waals surface area contributed by atoms with Crippen molar-refractivity contribution >= 4 is 32.5 Å². The number of hydrogen-bond acceptors (Lipinski definition) is 1. The minimum absolute atomic E-state index is 0.815. The first-order valence-electron chi connectivity index (χ1n) is 6.29. The highest BCUT2D eigenvalue weighted by molar-refractivity contribution is 9.10. The van der Waals surface area contributed by atoms with Gasteiger partial charge in [0.25, 0.3) is 0 Å². The van der Waals surface area contributed by atoms with Crippen molar-refractivity contribution < 1.29 is 0 Å². The zero-order valence-corrected chi connectivity index (χ0v) is 12.3. The molecule has 96 valence electrons. The lowest BCUT2D eigenvalue weighted by Crippen LogP contribution is -2.01. The third-order valence-electron chi connectivity index (χ3n) is 3.34. The molecule has 2 aromatic carbocycles. The maximum Gasteiger partial charge on any atom is 0.0504 e. The van der Waals surface area contributed by atoms with E-state index in [-0.39, 0.29) is 0 Å². The van der Waals surface area contributed by atoms with E-state index in [2.05, 4.69) is 75.6 Å². The molecule has 1 heterocycles. The molecule has 0 aliphatic rings. The summed E-state index contributed by atoms with van der Waals surface area (Å²) in [5, 5.41) is 4.76. The van der Waals surface area contributed by atoms with Crippen LogP contribution in [0.25, 0.3) is 10.9 Å². The van der Waals surface area contributed by atoms with Gasteiger partial charge in [0.15, 0.2) is 0 Å². The van der Waals surface area contributed by atoms with Crippen LogP contribution in [0.5, 0.6) is 0 Å². The number of anilines is 1. The second kappa shape index (κ2) is 5.10. The van der Waals surface area contributed by atoms with Crippen molar-refractivity contribution in [3.05, 3.63) is 64.3 Å². The molecule has 0 amide bonds. The standard InChI is InChI=1S/C16H15BrN2/c1-11-5-6-14(17)9-15(11)19-10-13-4-2-3-12-7-8-18-16(12)13/h2-9,18-19H,10H2,1H3. The van der Waals surface area contributed by atoms with Gasteiger partial charge < -0.3 is 10.3 Å². The van der Waals surface area contributed by atoms with Crippen LogP contribution in [0.2, 0.25) is 0 Å². The monoisotopic (exact) mass is 314 g/mol. The number of halogens is 1. The van der Waals surface area contributed by atoms with Crippen molar-refractivity contribution in [3.63, 3.8) is 0 Å². The molecule has 19 heavy (non-hydrogen) atoms. The first-order valence-corrected chi connectivity index (χ1v) is 7.08. The molecule has 0 fully saturated rings. The number of aromatic amines is 1. The Morgan fingerprint density at radius 1 is 1.16 bits per heavy atom. The van der Waals surface area contributed by atoms with Gasteiger partial charge >= 0.3 is 0 Å². The van der Waals surface area contributed by atoms with Gasteiger partial charge in [-0.25, -0.2) is 0 Å². The molecule has 0 saturated heterocycles. The molecule has 1 aromatic heterocycles. The second-order valence-electron chi connectivity index (χ2n) is 4.67. The summed E-state index contributed by atoms with van der Waals surface area (Å²) in [4.78, 5) is 3.30. The van der Waals surface area contributed by atoms with Crippen molar-refractivity contribution in [2.24, 2.45) is 0 Å². The molecule has 0 unspecified atom stereocenters. The van der Waals surface area contributed by atoms with Crippen LogP contribution in [0, 0.1) is 6.92 Å². The topological polar surface area (TPSA) is 27.8 Å². The highest BCUT2D eigenvalue weighted by atomic mass is 79.9. The highest BCUT2D eigenvalue weighted by Crippen LogP contribution is 2.23. The molecule has 3 heteroatoms. The Morgan fingerprint density at radius 2 is 2.05 bits per heavy atom. The van der Waals surface area contributed by atoms with E-state index in [1.54, 1.807) is 0 Å². The normalized spacial score (nSPS) is 10.8. The third kappa shape index (κ3) is 2.51. The van der Waals surface area contributed by atoms with Gasteiger partial charge in [0.2, 0.25) is 0 Å². The lowest BCUT2D eigenvalue weighted by Gasteiger charge is -2.11. The Bertz CT molecular complexity index is 716. The van der Waals surface area contributed by atoms with Gasteiger partial charge in [-0.3, -0.25) is 0 Å². The fourth-order valence-corrected chi connectivity index (χ4v) is 2.63. The molecule has 0 aliphatic heterocycles. The van der Waals surface area contributed by atoms with Crippen molar-refractivity contribution in [2.45, 2.75) is 13.5 Å². The third-order valence-corrected chi connectivity index (χ3v) is 3.84. The van der Waals surface area contributed by atoms with Gasteiger partial charge in [-0.2, -0.15) is 0 Å². The van der Waals surface area contributed by atoms with E-state index < -0.39 is 0 Å². The largest absolute Gasteiger partial charge is 0.381 e. The molecule has 0 spiro atoms. The van der Waals surface area contributed by atoms with E-state index in [0.717, 1.165) is 16.7 Å². The summed E-state index contributed by atoms with van der Waals surface area (Å²) in [5.74, 6) is 0. The molecule has 0 radical (unpaired) electrons. The maximum atomic E-state index is 3.51. The van der Waals surface area contributed by atoms with Crippen molar-refractivity contribution in [2.75, 3.05) is 5.32 Å². The van der Waals surface area contributed by atoms with Crippen molar-refractivity contribution in [1.29, 1.82) is 0 Å². The van der Waals surface area contributed by atoms with Gasteiger partial charge in [-0.1, -0.05) is 40.2 Å². The number of aromatic nitrogens is 1. The zero-order valence-electron chi connectivity index (χ0n) is 10.7. The van der Waals surface area contributed by atoms with Crippen LogP contribution < -0.4 is 5.32 Å². The van der Waals surface area contributed by atoms with E-state index in [4.69, 9.17) is 0 Å². The van der Waals surface area contributed by atoms with E-state index >= 15 is 0 Å². The minimum Gasteiger partial charge on any atom is -0.381 e. The van der Waals surface area contributed by atoms with Gasteiger partial charge in [-0.15, -0.1) is 0 Å². The Hall–Kier alpha value is -1.74. The van der Waals surface area contributed by atoms with Crippen LogP contribution in [0.4, 0.5) is 5.69 Å². The smallest absolute Gasteiger partial charge is 0.0504 e. The lowest BCUT2D eigenvalue weighted by atomic mass is 10.1. The van der Waals surface area contributed by atoms with Gasteiger partial charge in [0.05, 0.1) is 5.52 Å². The van der Waals surface area contributed by atoms with Gasteiger partial charge in [-0.05, 0) is 41.6 Å². The quantitative estimate of drug-likeness (QED) is 0.710. The molecule has 0 bridgehead atoms. The zero-order chi connectivity index (χ0) is 13.2. The number of benzene rings is 2. The molecular formula is C16H15BrN2. The first kappa shape index (κ1) is 12.3. The minimum atomic E-state index is 0.815. The number of H-pyrrole nitrogens is 1. The Morgan fingerprint density at radius 3 is 2.95 bits per heavy atom. The summed E-state index contributed by atoms with van der Waals surface area (Å²) in [7, 11) is 0. The van der Waals surface area contributed by atoms with Crippen LogP contribution in [0.15, 0.2) is 53.1 Å². The maximum absolute atomic E-state index is 3.51. The van der Waals surface area contributed by atoms with Crippen LogP contribution >= 0.6 is 15.9 Å². The highest BCUT2D eigenvalue weighted by Gasteiger charge is 2.03. The number of para-hydroxylation sites is 1. The van der Waals surface area contributed by atoms with E-state index in [1.165, 1.54) is 22.0 Å². The predicted molar refractivity (Wildman–Crippen MR) is 84.5 cm³/mol. The molecule has 3 rings (SSSR count). The summed E-state index contributed by atoms with van der Waals surface area (Å²) in [6.07, 6.45) is 1.98. The Labute approximate surface area is 121 Å². The average Bonchev–Trinajstić information content (AvgIpc) is 2.88. The van der Waals surface area contributed by atoms with E-state index in [0.29, 0.717) is 0 Å². The van der Waals surface area contributed by atoms with Gasteiger partial charge in [0.1, 0.15) is 0 Å². The van der Waals surface area contributed by atoms with E-state index in [1.807, 2.05) is 6.20 Å². The van der Waals surface area contributed by atoms with Crippen LogP contribution in [-0.4, -0.2) is 4.98 Å². The summed E-state index contributed by atoms with van der Waals surface area (Å²) in [6, 6.07) is 14.8. The SMILES string of the molecule is Cc1ccc(Br)cc1NCc1cccc2cc[nH]c12. The summed E-state index contributed by atoms with van der Waals surface area (Å²) in [6.45, 7) is 2.93. The molecule has 0 saturated carbocycles. The number of fused-ring (bicyclic) bond motifs is 1. The predicted octanol–water partition coefficient (Wildman–Crippen LogP) is 4.85. The van der Waals surface area contributed by atoms with Crippen LogP contribution in [0.3, 0.4) is 0 Å². The number of aryl methyl sites for hydroxylation is 1. The molecule has 0 atom stereocenters. The van der Waals surface area contributed by atoms with Crippen molar-refractivity contribution in [1.82, 2.24) is 4.98 Å². The molecule has 0 aliphatic carbocycles. The average molecular weight is 315 g/mol. The number of rotatable bonds is 3. The van der Waals surface area contributed by atoms with Crippen LogP contribution in [0.1, 0.15) is 11.1 Å². The molecule has 2 nitrogen and oxygen atoms in total. The molecule has 2 N–H and O–H groups in total. The second-order valence-corrected chi connectivity index (χ2v) is 5.59. The molecule has 3 aromatic rings. The fourth-order valence-electron chi connectivity index (χ4n) is 2.27. The lowest BCUT2D eigenvalue weighted by molar-refractivity contribution is 1.15. The Kier molecular flexibility index (Phi) is 3.30. The summed E-state index contributed by atoms with van der Waals surface area (Å²) in [5.41, 5.74) is 4.91. The fraction of sp³-hybridized carbons (Fsp3) is 0.125. The number of nitrogens with one attached hydrogen (secondary N) is 2. The molecular weight excluding hydrogens is 300 g/mol. The van der Waals surface area contributed by atoms with Crippen molar-refractivity contribution in [3.8, 4) is 0 Å². The number of hydrogen-bond donors (Lipinski definition) is 2. The summed E-state index contributed by atoms with van der Waals surface area (Å²) >= 11 is 3.51. The first-order chi connectivity index (χ1) is 9.24. The summed E-state index contributed by atoms with van der Waals surface area (Å²) < 4.78 is 1.10. The van der Waals surface area contributed by atoms with Gasteiger partial charge in [0, 0.05) is 22.9 Å². The Balaban J connectivity index is 1.86. The van der Waals surface area contributed by atoms with E-state index in [9.17, 15) is 0 Å². The van der Waals surface area contributed by atoms with Crippen LogP contribution in [-0.2, 0) is 6.54 Å².